The smallest absolute Gasteiger partial charge is 0.870 e. The Morgan fingerprint density at radius 2 is 1.54 bits per heavy atom. The minimum Gasteiger partial charge on any atom is -0.870 e. The van der Waals surface area contributed by atoms with Gasteiger partial charge < -0.3 is 11.0 Å². The van der Waals surface area contributed by atoms with Crippen molar-refractivity contribution in [2.24, 2.45) is 0 Å². The predicted octanol–water partition coefficient (Wildman–Crippen LogP) is 0.108. The number of aliphatic hydroxyl groups is 1. The zero-order valence-electron chi connectivity index (χ0n) is 7.14. The molecule has 4 heteroatoms. The molecule has 3 N–H and O–H groups in total. The van der Waals surface area contributed by atoms with Crippen molar-refractivity contribution in [3.8, 4) is 0 Å². The third kappa shape index (κ3) is 2.31. The molecule has 0 atom stereocenters. The molecule has 1 aromatic carbocycles. The van der Waals surface area contributed by atoms with Crippen LogP contribution in [-0.2, 0) is 5.60 Å². The molecular weight excluding hydrogens is 167 g/mol. The first-order chi connectivity index (χ1) is 5.21. The van der Waals surface area contributed by atoms with Gasteiger partial charge in [0.15, 0.2) is 0 Å². The molecule has 0 unspecified atom stereocenters. The quantitative estimate of drug-likeness (QED) is 0.619. The van der Waals surface area contributed by atoms with E-state index in [1.165, 1.54) is 0 Å². The van der Waals surface area contributed by atoms with Crippen molar-refractivity contribution in [3.63, 3.8) is 0 Å². The van der Waals surface area contributed by atoms with Crippen LogP contribution in [-0.4, -0.2) is 23.9 Å². The van der Waals surface area contributed by atoms with Crippen molar-refractivity contribution < 1.29 is 16.1 Å². The largest absolute Gasteiger partial charge is 0.870 e. The van der Waals surface area contributed by atoms with Crippen LogP contribution < -0.4 is 5.46 Å². The average molecular weight is 178 g/mol. The zero-order chi connectivity index (χ0) is 7.90. The molecule has 13 heavy (non-hydrogen) atoms. The molecule has 0 aromatic heterocycles. The Balaban J connectivity index is 0.000000720. The van der Waals surface area contributed by atoms with Crippen LogP contribution in [0.5, 0.6) is 0 Å². The van der Waals surface area contributed by atoms with Gasteiger partial charge in [-0.2, -0.15) is 0 Å². The molecule has 3 nitrogen and oxygen atoms in total. The summed E-state index contributed by atoms with van der Waals surface area (Å²) in [4.78, 5) is 0. The third-order valence-corrected chi connectivity index (χ3v) is 2.17. The van der Waals surface area contributed by atoms with Crippen LogP contribution in [0.1, 0.15) is 18.4 Å². The second kappa shape index (κ2) is 3.92. The minimum atomic E-state index is -0.520. The summed E-state index contributed by atoms with van der Waals surface area (Å²) in [6.07, 6.45) is 1.77. The van der Waals surface area contributed by atoms with Gasteiger partial charge in [-0.15, -0.1) is 0 Å². The van der Waals surface area contributed by atoms with Gasteiger partial charge in [0.05, 0.1) is 0 Å². The van der Waals surface area contributed by atoms with Crippen molar-refractivity contribution in [1.29, 1.82) is 0 Å². The minimum absolute atomic E-state index is 0. The first-order valence-corrected chi connectivity index (χ1v) is 3.79. The topological polar surface area (TPSA) is 80.2 Å². The molecular formula is C9H11BO3. The van der Waals surface area contributed by atoms with Gasteiger partial charge in [-0.05, 0) is 0 Å². The van der Waals surface area contributed by atoms with Gasteiger partial charge in [-0.1, -0.05) is 0 Å². The van der Waals surface area contributed by atoms with Crippen molar-refractivity contribution in [2.45, 2.75) is 18.4 Å². The van der Waals surface area contributed by atoms with Crippen LogP contribution in [0.3, 0.4) is 0 Å². The van der Waals surface area contributed by atoms with E-state index in [2.05, 4.69) is 0 Å². The molecule has 1 saturated carbocycles. The van der Waals surface area contributed by atoms with E-state index in [1.807, 2.05) is 24.3 Å². The van der Waals surface area contributed by atoms with Gasteiger partial charge in [0.2, 0.25) is 0 Å². The molecule has 0 spiro atoms. The van der Waals surface area contributed by atoms with Crippen LogP contribution in [0.15, 0.2) is 24.3 Å². The number of rotatable bonds is 1. The van der Waals surface area contributed by atoms with Crippen LogP contribution in [0.4, 0.5) is 0 Å². The van der Waals surface area contributed by atoms with Gasteiger partial charge in [0, 0.05) is 0 Å². The molecule has 0 saturated heterocycles. The van der Waals surface area contributed by atoms with E-state index in [0.29, 0.717) is 0 Å². The van der Waals surface area contributed by atoms with E-state index in [0.717, 1.165) is 23.9 Å². The average Bonchev–Trinajstić information content (AvgIpc) is 2.70. The van der Waals surface area contributed by atoms with E-state index >= 15 is 0 Å². The van der Waals surface area contributed by atoms with Crippen LogP contribution in [0.2, 0.25) is 0 Å². The second-order valence-corrected chi connectivity index (χ2v) is 3.15. The third-order valence-electron chi connectivity index (χ3n) is 2.17. The Labute approximate surface area is 78.4 Å². The summed E-state index contributed by atoms with van der Waals surface area (Å²) in [5.74, 6) is 0. The van der Waals surface area contributed by atoms with Crippen LogP contribution >= 0.6 is 0 Å². The summed E-state index contributed by atoms with van der Waals surface area (Å²) in [5, 5.41) is 9.65. The van der Waals surface area contributed by atoms with E-state index < -0.39 is 5.60 Å². The fourth-order valence-corrected chi connectivity index (χ4v) is 1.20. The molecule has 1 aliphatic carbocycles. The summed E-state index contributed by atoms with van der Waals surface area (Å²) in [7, 11) is 5.51. The summed E-state index contributed by atoms with van der Waals surface area (Å²) in [6.45, 7) is 0. The summed E-state index contributed by atoms with van der Waals surface area (Å²) in [6, 6.07) is 7.43. The van der Waals surface area contributed by atoms with E-state index in [-0.39, 0.29) is 11.0 Å². The number of benzene rings is 1. The Morgan fingerprint density at radius 1 is 1.08 bits per heavy atom. The number of hydrogen-bond donors (Lipinski definition) is 1. The summed E-state index contributed by atoms with van der Waals surface area (Å²) < 4.78 is 0. The number of hydrogen-bond acceptors (Lipinski definition) is 3. The Bertz CT molecular complexity index is 267. The molecule has 1 aromatic rings. The Kier molecular flexibility index (Phi) is 3.66. The van der Waals surface area contributed by atoms with E-state index in [1.54, 1.807) is 0 Å². The molecule has 0 radical (unpaired) electrons. The van der Waals surface area contributed by atoms with E-state index in [4.69, 9.17) is 7.85 Å². The molecule has 0 amide bonds. The monoisotopic (exact) mass is 178 g/mol. The fourth-order valence-electron chi connectivity index (χ4n) is 1.20. The molecule has 0 aliphatic heterocycles. The Morgan fingerprint density at radius 3 is 1.92 bits per heavy atom. The van der Waals surface area contributed by atoms with Crippen molar-refractivity contribution >= 4 is 13.3 Å². The molecule has 0 heterocycles. The maximum Gasteiger partial charge on any atom is -0.870 e. The van der Waals surface area contributed by atoms with Gasteiger partial charge in [-0.25, -0.2) is 0 Å². The molecule has 2 rings (SSSR count). The first kappa shape index (κ1) is 12.2. The van der Waals surface area contributed by atoms with Gasteiger partial charge in [0.1, 0.15) is 0 Å². The van der Waals surface area contributed by atoms with Gasteiger partial charge >= 0.3 is 66.7 Å². The molecule has 1 aliphatic rings. The maximum atomic E-state index is 9.65. The van der Waals surface area contributed by atoms with Gasteiger partial charge in [-0.3, -0.25) is 0 Å². The SMILES string of the molecule is [B+2]c1ccc(C2(O)CC2)cc1.[OH-].[OH-]. The van der Waals surface area contributed by atoms with Crippen molar-refractivity contribution in [3.05, 3.63) is 29.8 Å². The summed E-state index contributed by atoms with van der Waals surface area (Å²) >= 11 is 0. The maximum absolute atomic E-state index is 9.65. The van der Waals surface area contributed by atoms with Gasteiger partial charge in [0.25, 0.3) is 0 Å². The standard InChI is InChI=1S/C9H9BO.2H2O/c10-8-3-1-7(2-4-8)9(11)5-6-9;;/h1-4,11H,5-6H2;2*1H2/q+2;;/p-2. The predicted molar refractivity (Wildman–Crippen MR) is 48.8 cm³/mol. The molecule has 1 fully saturated rings. The molecule has 0 bridgehead atoms. The Hall–Kier alpha value is -0.835. The zero-order valence-corrected chi connectivity index (χ0v) is 7.14. The van der Waals surface area contributed by atoms with E-state index in [9.17, 15) is 5.11 Å². The normalized spacial score (nSPS) is 16.8. The van der Waals surface area contributed by atoms with Crippen molar-refractivity contribution in [1.82, 2.24) is 0 Å². The molecule has 68 valence electrons. The fraction of sp³-hybridized carbons (Fsp3) is 0.333. The summed E-state index contributed by atoms with van der Waals surface area (Å²) in [5.41, 5.74) is 1.22. The second-order valence-electron chi connectivity index (χ2n) is 3.15. The van der Waals surface area contributed by atoms with Crippen molar-refractivity contribution in [2.75, 3.05) is 0 Å². The van der Waals surface area contributed by atoms with Crippen LogP contribution in [0, 0.1) is 0 Å². The first-order valence-electron chi connectivity index (χ1n) is 3.79. The van der Waals surface area contributed by atoms with Crippen LogP contribution in [0.25, 0.3) is 0 Å².